The molecule has 1 amide bonds. The highest BCUT2D eigenvalue weighted by atomic mass is 35.5. The predicted octanol–water partition coefficient (Wildman–Crippen LogP) is 3.32. The summed E-state index contributed by atoms with van der Waals surface area (Å²) in [4.78, 5) is 13.4. The van der Waals surface area contributed by atoms with Crippen LogP contribution >= 0.6 is 12.4 Å². The number of aryl methyl sites for hydroxylation is 1. The van der Waals surface area contributed by atoms with Crippen LogP contribution in [0.15, 0.2) is 12.1 Å². The molecular weight excluding hydrogens is 264 g/mol. The summed E-state index contributed by atoms with van der Waals surface area (Å²) < 4.78 is 5.25. The van der Waals surface area contributed by atoms with E-state index >= 15 is 0 Å². The monoisotopic (exact) mass is 286 g/mol. The van der Waals surface area contributed by atoms with Crippen LogP contribution < -0.4 is 15.0 Å². The molecule has 1 N–H and O–H groups in total. The van der Waals surface area contributed by atoms with Crippen molar-refractivity contribution in [3.8, 4) is 5.75 Å². The molecule has 5 heteroatoms. The second-order valence-corrected chi connectivity index (χ2v) is 4.87. The number of nitrogens with zero attached hydrogens (tertiary/aromatic N) is 1. The Labute approximate surface area is 121 Å². The molecule has 1 rings (SSSR count). The fourth-order valence-corrected chi connectivity index (χ4v) is 1.80. The lowest BCUT2D eigenvalue weighted by atomic mass is 9.98. The standard InChI is InChI=1S/C14H22N2O2.ClH/c1-9(2)11-8-13(18-14(17)15-4)10(3)7-12(11)16(5)6;/h7-9H,1-6H3,(H,15,17);1H. The first-order chi connectivity index (χ1) is 8.36. The van der Waals surface area contributed by atoms with E-state index in [0.29, 0.717) is 11.7 Å². The largest absolute Gasteiger partial charge is 0.412 e. The second kappa shape index (κ2) is 7.24. The fourth-order valence-electron chi connectivity index (χ4n) is 1.80. The van der Waals surface area contributed by atoms with Crippen LogP contribution in [0.25, 0.3) is 0 Å². The number of benzene rings is 1. The van der Waals surface area contributed by atoms with Gasteiger partial charge in [0.1, 0.15) is 5.75 Å². The highest BCUT2D eigenvalue weighted by molar-refractivity contribution is 5.85. The Morgan fingerprint density at radius 1 is 1.32 bits per heavy atom. The molecule has 0 fully saturated rings. The number of hydrogen-bond acceptors (Lipinski definition) is 3. The Bertz CT molecular complexity index is 445. The van der Waals surface area contributed by atoms with Crippen molar-refractivity contribution in [1.82, 2.24) is 5.32 Å². The first kappa shape index (κ1) is 17.6. The zero-order chi connectivity index (χ0) is 13.9. The van der Waals surface area contributed by atoms with Gasteiger partial charge in [0, 0.05) is 26.8 Å². The Hall–Kier alpha value is -1.42. The van der Waals surface area contributed by atoms with E-state index in [-0.39, 0.29) is 12.4 Å². The van der Waals surface area contributed by atoms with E-state index < -0.39 is 6.09 Å². The van der Waals surface area contributed by atoms with Crippen LogP contribution in [0, 0.1) is 6.92 Å². The van der Waals surface area contributed by atoms with Gasteiger partial charge < -0.3 is 15.0 Å². The highest BCUT2D eigenvalue weighted by Crippen LogP contribution is 2.33. The highest BCUT2D eigenvalue weighted by Gasteiger charge is 2.14. The fraction of sp³-hybridized carbons (Fsp3) is 0.500. The summed E-state index contributed by atoms with van der Waals surface area (Å²) in [5, 5.41) is 2.46. The summed E-state index contributed by atoms with van der Waals surface area (Å²) >= 11 is 0. The minimum absolute atomic E-state index is 0. The van der Waals surface area contributed by atoms with Crippen molar-refractivity contribution in [3.05, 3.63) is 23.3 Å². The average Bonchev–Trinajstić information content (AvgIpc) is 2.30. The first-order valence-corrected chi connectivity index (χ1v) is 6.08. The van der Waals surface area contributed by atoms with Gasteiger partial charge in [0.15, 0.2) is 0 Å². The summed E-state index contributed by atoms with van der Waals surface area (Å²) in [5.74, 6) is 0.985. The molecule has 1 aromatic rings. The Kier molecular flexibility index (Phi) is 6.70. The number of hydrogen-bond donors (Lipinski definition) is 1. The molecule has 0 saturated heterocycles. The van der Waals surface area contributed by atoms with Gasteiger partial charge in [-0.1, -0.05) is 13.8 Å². The number of anilines is 1. The lowest BCUT2D eigenvalue weighted by Gasteiger charge is -2.22. The Morgan fingerprint density at radius 3 is 2.32 bits per heavy atom. The van der Waals surface area contributed by atoms with Crippen molar-refractivity contribution in [2.75, 3.05) is 26.0 Å². The van der Waals surface area contributed by atoms with Gasteiger partial charge >= 0.3 is 6.09 Å². The van der Waals surface area contributed by atoms with Gasteiger partial charge in [0.05, 0.1) is 0 Å². The van der Waals surface area contributed by atoms with Crippen LogP contribution in [-0.4, -0.2) is 27.2 Å². The second-order valence-electron chi connectivity index (χ2n) is 4.87. The minimum Gasteiger partial charge on any atom is -0.410 e. The molecule has 108 valence electrons. The number of carbonyl (C=O) groups is 1. The smallest absolute Gasteiger partial charge is 0.410 e. The van der Waals surface area contributed by atoms with Crippen molar-refractivity contribution in [2.24, 2.45) is 0 Å². The van der Waals surface area contributed by atoms with Crippen molar-refractivity contribution < 1.29 is 9.53 Å². The van der Waals surface area contributed by atoms with E-state index in [4.69, 9.17) is 4.74 Å². The molecule has 0 aliphatic carbocycles. The molecule has 0 aromatic heterocycles. The molecule has 0 saturated carbocycles. The molecule has 0 radical (unpaired) electrons. The van der Waals surface area contributed by atoms with Gasteiger partial charge in [-0.3, -0.25) is 0 Å². The van der Waals surface area contributed by atoms with Crippen LogP contribution in [0.3, 0.4) is 0 Å². The molecule has 4 nitrogen and oxygen atoms in total. The number of amides is 1. The third-order valence-electron chi connectivity index (χ3n) is 2.83. The molecular formula is C14H23ClN2O2. The van der Waals surface area contributed by atoms with Gasteiger partial charge in [-0.25, -0.2) is 4.79 Å². The van der Waals surface area contributed by atoms with Gasteiger partial charge in [-0.15, -0.1) is 12.4 Å². The number of halogens is 1. The molecule has 0 aliphatic rings. The van der Waals surface area contributed by atoms with Crippen LogP contribution in [0.4, 0.5) is 10.5 Å². The zero-order valence-corrected chi connectivity index (χ0v) is 13.2. The summed E-state index contributed by atoms with van der Waals surface area (Å²) in [6.45, 7) is 6.19. The summed E-state index contributed by atoms with van der Waals surface area (Å²) in [7, 11) is 5.58. The van der Waals surface area contributed by atoms with Crippen molar-refractivity contribution in [3.63, 3.8) is 0 Å². The molecule has 0 aliphatic heterocycles. The van der Waals surface area contributed by atoms with Crippen molar-refractivity contribution >= 4 is 24.2 Å². The van der Waals surface area contributed by atoms with E-state index in [0.717, 1.165) is 11.3 Å². The number of ether oxygens (including phenoxy) is 1. The zero-order valence-electron chi connectivity index (χ0n) is 12.4. The van der Waals surface area contributed by atoms with E-state index in [1.165, 1.54) is 5.56 Å². The van der Waals surface area contributed by atoms with E-state index in [2.05, 4.69) is 24.1 Å². The molecule has 0 atom stereocenters. The molecule has 19 heavy (non-hydrogen) atoms. The lowest BCUT2D eigenvalue weighted by molar-refractivity contribution is 0.202. The van der Waals surface area contributed by atoms with Crippen LogP contribution in [-0.2, 0) is 0 Å². The SMILES string of the molecule is CNC(=O)Oc1cc(C(C)C)c(N(C)C)cc1C.Cl. The normalized spacial score (nSPS) is 9.84. The Balaban J connectivity index is 0.00000324. The third-order valence-corrected chi connectivity index (χ3v) is 2.83. The van der Waals surface area contributed by atoms with Crippen LogP contribution in [0.2, 0.25) is 0 Å². The maximum Gasteiger partial charge on any atom is 0.412 e. The maximum absolute atomic E-state index is 11.3. The van der Waals surface area contributed by atoms with E-state index in [1.54, 1.807) is 7.05 Å². The molecule has 0 unspecified atom stereocenters. The van der Waals surface area contributed by atoms with Gasteiger partial charge in [-0.2, -0.15) is 0 Å². The molecule has 0 spiro atoms. The topological polar surface area (TPSA) is 41.6 Å². The Morgan fingerprint density at radius 2 is 1.89 bits per heavy atom. The van der Waals surface area contributed by atoms with Gasteiger partial charge in [0.2, 0.25) is 0 Å². The van der Waals surface area contributed by atoms with Gasteiger partial charge in [-0.05, 0) is 36.1 Å². The quantitative estimate of drug-likeness (QED) is 0.927. The van der Waals surface area contributed by atoms with Crippen molar-refractivity contribution in [2.45, 2.75) is 26.7 Å². The molecule has 0 heterocycles. The predicted molar refractivity (Wildman–Crippen MR) is 81.9 cm³/mol. The van der Waals surface area contributed by atoms with Crippen molar-refractivity contribution in [1.29, 1.82) is 0 Å². The summed E-state index contributed by atoms with van der Waals surface area (Å²) in [6.07, 6.45) is -0.439. The number of nitrogens with one attached hydrogen (secondary N) is 1. The van der Waals surface area contributed by atoms with Gasteiger partial charge in [0.25, 0.3) is 0 Å². The first-order valence-electron chi connectivity index (χ1n) is 6.08. The van der Waals surface area contributed by atoms with Crippen LogP contribution in [0.1, 0.15) is 30.9 Å². The van der Waals surface area contributed by atoms with E-state index in [9.17, 15) is 4.79 Å². The minimum atomic E-state index is -0.439. The number of rotatable bonds is 3. The lowest BCUT2D eigenvalue weighted by Crippen LogP contribution is -2.22. The summed E-state index contributed by atoms with van der Waals surface area (Å²) in [5.41, 5.74) is 3.28. The maximum atomic E-state index is 11.3. The van der Waals surface area contributed by atoms with Crippen LogP contribution in [0.5, 0.6) is 5.75 Å². The molecule has 0 bridgehead atoms. The average molecular weight is 287 g/mol. The third kappa shape index (κ3) is 4.31. The number of carbonyl (C=O) groups excluding carboxylic acids is 1. The van der Waals surface area contributed by atoms with E-state index in [1.807, 2.05) is 33.2 Å². The molecule has 1 aromatic carbocycles. The summed E-state index contributed by atoms with van der Waals surface area (Å²) in [6, 6.07) is 4.00.